The highest BCUT2D eigenvalue weighted by Gasteiger charge is 2.20. The minimum absolute atomic E-state index is 0.0100. The van der Waals surface area contributed by atoms with Gasteiger partial charge in [0.2, 0.25) is 5.91 Å². The molecular formula is C15H20BrN3O3. The first-order valence-corrected chi connectivity index (χ1v) is 8.20. The summed E-state index contributed by atoms with van der Waals surface area (Å²) in [7, 11) is 1.97. The Balaban J connectivity index is 1.92. The fourth-order valence-electron chi connectivity index (χ4n) is 2.79. The number of nitro groups is 1. The van der Waals surface area contributed by atoms with E-state index < -0.39 is 4.92 Å². The lowest BCUT2D eigenvalue weighted by Crippen LogP contribution is -2.39. The first-order chi connectivity index (χ1) is 10.5. The molecule has 1 amide bonds. The quantitative estimate of drug-likeness (QED) is 0.635. The molecule has 1 aliphatic carbocycles. The summed E-state index contributed by atoms with van der Waals surface area (Å²) in [4.78, 5) is 24.5. The number of carbonyl (C=O) groups excluding carboxylic acids is 1. The average Bonchev–Trinajstić information content (AvgIpc) is 2.50. The van der Waals surface area contributed by atoms with E-state index in [0.29, 0.717) is 22.7 Å². The molecule has 2 rings (SSSR count). The summed E-state index contributed by atoms with van der Waals surface area (Å²) in [6, 6.07) is 4.78. The van der Waals surface area contributed by atoms with E-state index in [1.807, 2.05) is 7.05 Å². The lowest BCUT2D eigenvalue weighted by atomic mass is 9.94. The van der Waals surface area contributed by atoms with Crippen LogP contribution in [-0.2, 0) is 4.79 Å². The zero-order valence-corrected chi connectivity index (χ0v) is 14.1. The van der Waals surface area contributed by atoms with Crippen molar-refractivity contribution in [1.29, 1.82) is 0 Å². The molecule has 1 saturated carbocycles. The van der Waals surface area contributed by atoms with E-state index in [-0.39, 0.29) is 11.6 Å². The van der Waals surface area contributed by atoms with Crippen LogP contribution in [0.3, 0.4) is 0 Å². The molecule has 0 bridgehead atoms. The number of nitro benzene ring substituents is 1. The summed E-state index contributed by atoms with van der Waals surface area (Å²) in [5.74, 6) is -0.109. The van der Waals surface area contributed by atoms with E-state index >= 15 is 0 Å². The molecule has 1 fully saturated rings. The minimum atomic E-state index is -0.465. The van der Waals surface area contributed by atoms with Crippen molar-refractivity contribution in [3.05, 3.63) is 32.8 Å². The second-order valence-corrected chi connectivity index (χ2v) is 6.53. The summed E-state index contributed by atoms with van der Waals surface area (Å²) in [5, 5.41) is 13.5. The highest BCUT2D eigenvalue weighted by Crippen LogP contribution is 2.27. The topological polar surface area (TPSA) is 75.5 Å². The molecule has 0 spiro atoms. The second kappa shape index (κ2) is 7.69. The van der Waals surface area contributed by atoms with Crippen LogP contribution in [0.5, 0.6) is 0 Å². The number of hydrogen-bond donors (Lipinski definition) is 1. The van der Waals surface area contributed by atoms with Gasteiger partial charge in [-0.25, -0.2) is 0 Å². The highest BCUT2D eigenvalue weighted by molar-refractivity contribution is 9.10. The van der Waals surface area contributed by atoms with Crippen LogP contribution < -0.4 is 5.32 Å². The molecule has 0 atom stereocenters. The number of anilines is 1. The van der Waals surface area contributed by atoms with Gasteiger partial charge in [-0.3, -0.25) is 19.8 Å². The Morgan fingerprint density at radius 2 is 2.09 bits per heavy atom. The Morgan fingerprint density at radius 1 is 1.41 bits per heavy atom. The van der Waals surface area contributed by atoms with Gasteiger partial charge in [0.15, 0.2) is 0 Å². The molecule has 0 aromatic heterocycles. The third-order valence-electron chi connectivity index (χ3n) is 4.03. The van der Waals surface area contributed by atoms with Gasteiger partial charge in [0.05, 0.1) is 17.2 Å². The highest BCUT2D eigenvalue weighted by atomic mass is 79.9. The molecule has 1 N–H and O–H groups in total. The fraction of sp³-hybridized carbons (Fsp3) is 0.533. The lowest BCUT2D eigenvalue weighted by molar-refractivity contribution is -0.384. The smallest absolute Gasteiger partial charge is 0.270 e. The maximum Gasteiger partial charge on any atom is 0.270 e. The number of rotatable bonds is 5. The Labute approximate surface area is 138 Å². The van der Waals surface area contributed by atoms with Gasteiger partial charge >= 0.3 is 0 Å². The molecule has 1 aliphatic rings. The first-order valence-electron chi connectivity index (χ1n) is 7.41. The largest absolute Gasteiger partial charge is 0.324 e. The van der Waals surface area contributed by atoms with Gasteiger partial charge in [-0.05, 0) is 41.9 Å². The number of non-ortho nitro benzene ring substituents is 1. The third kappa shape index (κ3) is 4.51. The molecule has 1 aromatic rings. The van der Waals surface area contributed by atoms with Crippen molar-refractivity contribution < 1.29 is 9.72 Å². The zero-order chi connectivity index (χ0) is 16.1. The molecule has 0 radical (unpaired) electrons. The normalized spacial score (nSPS) is 15.8. The summed E-state index contributed by atoms with van der Waals surface area (Å²) in [6.07, 6.45) is 6.03. The van der Waals surface area contributed by atoms with Crippen molar-refractivity contribution in [2.75, 3.05) is 18.9 Å². The van der Waals surface area contributed by atoms with Crippen LogP contribution in [0.4, 0.5) is 11.4 Å². The third-order valence-corrected chi connectivity index (χ3v) is 4.68. The molecule has 0 aliphatic heterocycles. The van der Waals surface area contributed by atoms with E-state index in [4.69, 9.17) is 0 Å². The fourth-order valence-corrected chi connectivity index (χ4v) is 3.25. The molecule has 0 saturated heterocycles. The van der Waals surface area contributed by atoms with Crippen molar-refractivity contribution in [2.24, 2.45) is 0 Å². The van der Waals surface area contributed by atoms with E-state index in [1.54, 1.807) is 6.07 Å². The maximum absolute atomic E-state index is 12.1. The summed E-state index contributed by atoms with van der Waals surface area (Å²) < 4.78 is 0.510. The van der Waals surface area contributed by atoms with Crippen molar-refractivity contribution in [2.45, 2.75) is 38.1 Å². The number of benzene rings is 1. The Kier molecular flexibility index (Phi) is 5.90. The van der Waals surface area contributed by atoms with Gasteiger partial charge in [0, 0.05) is 22.6 Å². The predicted molar refractivity (Wildman–Crippen MR) is 88.9 cm³/mol. The van der Waals surface area contributed by atoms with E-state index in [2.05, 4.69) is 26.1 Å². The number of nitrogens with one attached hydrogen (secondary N) is 1. The van der Waals surface area contributed by atoms with Crippen LogP contribution in [0.2, 0.25) is 0 Å². The molecular weight excluding hydrogens is 350 g/mol. The Morgan fingerprint density at radius 3 is 2.68 bits per heavy atom. The minimum Gasteiger partial charge on any atom is -0.324 e. The van der Waals surface area contributed by atoms with Crippen molar-refractivity contribution in [1.82, 2.24) is 4.90 Å². The maximum atomic E-state index is 12.1. The second-order valence-electron chi connectivity index (χ2n) is 5.68. The number of hydrogen-bond acceptors (Lipinski definition) is 4. The molecule has 6 nitrogen and oxygen atoms in total. The summed E-state index contributed by atoms with van der Waals surface area (Å²) in [6.45, 7) is 0.327. The first kappa shape index (κ1) is 16.9. The van der Waals surface area contributed by atoms with Crippen LogP contribution >= 0.6 is 15.9 Å². The van der Waals surface area contributed by atoms with E-state index in [1.165, 1.54) is 31.4 Å². The van der Waals surface area contributed by atoms with Crippen LogP contribution in [0.25, 0.3) is 0 Å². The standard InChI is InChI=1S/C15H20BrN3O3/c1-18(11-5-3-2-4-6-11)10-15(20)17-14-8-7-12(19(21)22)9-13(14)16/h7-9,11H,2-6,10H2,1H3,(H,17,20). The van der Waals surface area contributed by atoms with Crippen LogP contribution in [0, 0.1) is 10.1 Å². The zero-order valence-electron chi connectivity index (χ0n) is 12.5. The molecule has 22 heavy (non-hydrogen) atoms. The number of amides is 1. The van der Waals surface area contributed by atoms with Crippen LogP contribution in [-0.4, -0.2) is 35.4 Å². The predicted octanol–water partition coefficient (Wildman–Crippen LogP) is 3.56. The van der Waals surface area contributed by atoms with Gasteiger partial charge in [-0.15, -0.1) is 0 Å². The Hall–Kier alpha value is -1.47. The lowest BCUT2D eigenvalue weighted by Gasteiger charge is -2.30. The van der Waals surface area contributed by atoms with Crippen LogP contribution in [0.15, 0.2) is 22.7 Å². The molecule has 0 heterocycles. The summed E-state index contributed by atoms with van der Waals surface area (Å²) >= 11 is 3.25. The molecule has 0 unspecified atom stereocenters. The number of carbonyl (C=O) groups is 1. The van der Waals surface area contributed by atoms with Gasteiger partial charge in [-0.1, -0.05) is 19.3 Å². The van der Waals surface area contributed by atoms with Crippen LogP contribution in [0.1, 0.15) is 32.1 Å². The van der Waals surface area contributed by atoms with E-state index in [0.717, 1.165) is 12.8 Å². The number of halogens is 1. The van der Waals surface area contributed by atoms with Crippen molar-refractivity contribution in [3.8, 4) is 0 Å². The molecule has 1 aromatic carbocycles. The molecule has 7 heteroatoms. The van der Waals surface area contributed by atoms with E-state index in [9.17, 15) is 14.9 Å². The summed E-state index contributed by atoms with van der Waals surface area (Å²) in [5.41, 5.74) is 0.539. The monoisotopic (exact) mass is 369 g/mol. The van der Waals surface area contributed by atoms with Gasteiger partial charge in [0.25, 0.3) is 5.69 Å². The van der Waals surface area contributed by atoms with Crippen molar-refractivity contribution in [3.63, 3.8) is 0 Å². The molecule has 120 valence electrons. The number of likely N-dealkylation sites (N-methyl/N-ethyl adjacent to an activating group) is 1. The average molecular weight is 370 g/mol. The number of nitrogens with zero attached hydrogens (tertiary/aromatic N) is 2. The SMILES string of the molecule is CN(CC(=O)Nc1ccc([N+](=O)[O-])cc1Br)C1CCCCC1. The van der Waals surface area contributed by atoms with Gasteiger partial charge < -0.3 is 5.32 Å². The van der Waals surface area contributed by atoms with Gasteiger partial charge in [0.1, 0.15) is 0 Å². The Bertz CT molecular complexity index is 559. The van der Waals surface area contributed by atoms with Gasteiger partial charge in [-0.2, -0.15) is 0 Å². The van der Waals surface area contributed by atoms with Crippen molar-refractivity contribution >= 4 is 33.2 Å².